The summed E-state index contributed by atoms with van der Waals surface area (Å²) in [7, 11) is 2.17. The lowest BCUT2D eigenvalue weighted by Gasteiger charge is -2.29. The van der Waals surface area contributed by atoms with E-state index in [1.165, 1.54) is 25.9 Å². The van der Waals surface area contributed by atoms with Gasteiger partial charge in [0.25, 0.3) is 0 Å². The zero-order valence-electron chi connectivity index (χ0n) is 11.2. The van der Waals surface area contributed by atoms with Crippen molar-refractivity contribution in [2.24, 2.45) is 11.7 Å². The number of amides is 1. The number of rotatable bonds is 6. The Balaban J connectivity index is 2.09. The number of nitrogens with zero attached hydrogens (tertiary/aromatic N) is 1. The molecule has 0 bridgehead atoms. The lowest BCUT2D eigenvalue weighted by Crippen LogP contribution is -2.41. The van der Waals surface area contributed by atoms with Crippen LogP contribution in [0.5, 0.6) is 0 Å². The fourth-order valence-electron chi connectivity index (χ4n) is 2.32. The molecule has 1 aliphatic heterocycles. The third-order valence-electron chi connectivity index (χ3n) is 3.63. The van der Waals surface area contributed by atoms with E-state index < -0.39 is 0 Å². The average molecular weight is 241 g/mol. The standard InChI is InChI=1S/C13H27N3O/c1-3-4-12(14)13(17)15-8-5-11-6-9-16(2)10-7-11/h11-12H,3-10,14H2,1-2H3,(H,15,17). The Hall–Kier alpha value is -0.610. The topological polar surface area (TPSA) is 58.4 Å². The van der Waals surface area contributed by atoms with Crippen LogP contribution in [-0.4, -0.2) is 43.5 Å². The molecule has 100 valence electrons. The van der Waals surface area contributed by atoms with Crippen LogP contribution in [0.25, 0.3) is 0 Å². The molecule has 1 rings (SSSR count). The highest BCUT2D eigenvalue weighted by Crippen LogP contribution is 2.18. The van der Waals surface area contributed by atoms with Gasteiger partial charge >= 0.3 is 0 Å². The SMILES string of the molecule is CCCC(N)C(=O)NCCC1CCN(C)CC1. The molecule has 1 fully saturated rings. The van der Waals surface area contributed by atoms with Gasteiger partial charge in [0.05, 0.1) is 6.04 Å². The minimum absolute atomic E-state index is 0.0137. The highest BCUT2D eigenvalue weighted by molar-refractivity contribution is 5.81. The summed E-state index contributed by atoms with van der Waals surface area (Å²) in [5.74, 6) is 0.786. The summed E-state index contributed by atoms with van der Waals surface area (Å²) >= 11 is 0. The molecule has 1 heterocycles. The second-order valence-corrected chi connectivity index (χ2v) is 5.22. The molecule has 1 amide bonds. The Labute approximate surface area is 105 Å². The van der Waals surface area contributed by atoms with E-state index in [1.807, 2.05) is 6.92 Å². The number of hydrogen-bond donors (Lipinski definition) is 2. The fourth-order valence-corrected chi connectivity index (χ4v) is 2.32. The molecule has 0 aliphatic carbocycles. The Morgan fingerprint density at radius 2 is 2.12 bits per heavy atom. The van der Waals surface area contributed by atoms with Crippen molar-refractivity contribution >= 4 is 5.91 Å². The van der Waals surface area contributed by atoms with Crippen LogP contribution >= 0.6 is 0 Å². The van der Waals surface area contributed by atoms with Gasteiger partial charge in [0.1, 0.15) is 0 Å². The summed E-state index contributed by atoms with van der Waals surface area (Å²) in [6.45, 7) is 5.21. The van der Waals surface area contributed by atoms with Crippen molar-refractivity contribution in [3.8, 4) is 0 Å². The van der Waals surface area contributed by atoms with Gasteiger partial charge in [-0.3, -0.25) is 4.79 Å². The summed E-state index contributed by atoms with van der Waals surface area (Å²) in [4.78, 5) is 13.9. The van der Waals surface area contributed by atoms with Crippen LogP contribution in [0.3, 0.4) is 0 Å². The van der Waals surface area contributed by atoms with Gasteiger partial charge in [-0.25, -0.2) is 0 Å². The Morgan fingerprint density at radius 1 is 1.47 bits per heavy atom. The van der Waals surface area contributed by atoms with Gasteiger partial charge in [-0.2, -0.15) is 0 Å². The van der Waals surface area contributed by atoms with Gasteiger partial charge in [-0.05, 0) is 51.7 Å². The largest absolute Gasteiger partial charge is 0.355 e. The first-order chi connectivity index (χ1) is 8.13. The maximum absolute atomic E-state index is 11.6. The first-order valence-corrected chi connectivity index (χ1v) is 6.85. The fraction of sp³-hybridized carbons (Fsp3) is 0.923. The van der Waals surface area contributed by atoms with Crippen molar-refractivity contribution < 1.29 is 4.79 Å². The van der Waals surface area contributed by atoms with Crippen molar-refractivity contribution in [3.63, 3.8) is 0 Å². The number of nitrogens with one attached hydrogen (secondary N) is 1. The summed E-state index contributed by atoms with van der Waals surface area (Å²) in [6, 6.07) is -0.322. The minimum atomic E-state index is -0.322. The van der Waals surface area contributed by atoms with Gasteiger partial charge in [-0.1, -0.05) is 13.3 Å². The molecule has 0 aromatic carbocycles. The molecule has 1 aliphatic rings. The molecule has 4 heteroatoms. The van der Waals surface area contributed by atoms with E-state index in [2.05, 4.69) is 17.3 Å². The van der Waals surface area contributed by atoms with Crippen molar-refractivity contribution in [2.75, 3.05) is 26.7 Å². The number of hydrogen-bond acceptors (Lipinski definition) is 3. The number of piperidine rings is 1. The van der Waals surface area contributed by atoms with Gasteiger partial charge < -0.3 is 16.0 Å². The lowest BCUT2D eigenvalue weighted by atomic mass is 9.94. The summed E-state index contributed by atoms with van der Waals surface area (Å²) in [5, 5.41) is 2.95. The zero-order valence-corrected chi connectivity index (χ0v) is 11.2. The third kappa shape index (κ3) is 5.50. The second-order valence-electron chi connectivity index (χ2n) is 5.22. The molecule has 1 unspecified atom stereocenters. The maximum Gasteiger partial charge on any atom is 0.236 e. The molecule has 0 radical (unpaired) electrons. The van der Waals surface area contributed by atoms with Crippen LogP contribution in [0.1, 0.15) is 39.0 Å². The molecule has 17 heavy (non-hydrogen) atoms. The lowest BCUT2D eigenvalue weighted by molar-refractivity contribution is -0.122. The van der Waals surface area contributed by atoms with E-state index in [0.29, 0.717) is 0 Å². The van der Waals surface area contributed by atoms with E-state index in [9.17, 15) is 4.79 Å². The van der Waals surface area contributed by atoms with Crippen LogP contribution in [0, 0.1) is 5.92 Å². The zero-order chi connectivity index (χ0) is 12.7. The van der Waals surface area contributed by atoms with Crippen LogP contribution in [-0.2, 0) is 4.79 Å². The van der Waals surface area contributed by atoms with Crippen molar-refractivity contribution in [1.82, 2.24) is 10.2 Å². The monoisotopic (exact) mass is 241 g/mol. The number of carbonyl (C=O) groups is 1. The van der Waals surface area contributed by atoms with Gasteiger partial charge in [-0.15, -0.1) is 0 Å². The molecule has 3 N–H and O–H groups in total. The summed E-state index contributed by atoms with van der Waals surface area (Å²) in [5.41, 5.74) is 5.75. The Bertz CT molecular complexity index is 225. The molecule has 0 aromatic rings. The normalized spacial score (nSPS) is 20.2. The predicted molar refractivity (Wildman–Crippen MR) is 70.7 cm³/mol. The summed E-state index contributed by atoms with van der Waals surface area (Å²) in [6.07, 6.45) is 5.35. The highest BCUT2D eigenvalue weighted by Gasteiger charge is 2.17. The highest BCUT2D eigenvalue weighted by atomic mass is 16.2. The van der Waals surface area contributed by atoms with Gasteiger partial charge in [0.2, 0.25) is 5.91 Å². The molecule has 1 saturated heterocycles. The summed E-state index contributed by atoms with van der Waals surface area (Å²) < 4.78 is 0. The van der Waals surface area contributed by atoms with Gasteiger partial charge in [0, 0.05) is 6.54 Å². The van der Waals surface area contributed by atoms with Crippen LogP contribution in [0.15, 0.2) is 0 Å². The first kappa shape index (κ1) is 14.5. The molecule has 1 atom stereocenters. The van der Waals surface area contributed by atoms with E-state index in [1.54, 1.807) is 0 Å². The van der Waals surface area contributed by atoms with Crippen LogP contribution in [0.2, 0.25) is 0 Å². The van der Waals surface area contributed by atoms with E-state index in [0.717, 1.165) is 31.7 Å². The first-order valence-electron chi connectivity index (χ1n) is 6.85. The molecule has 0 saturated carbocycles. The number of nitrogens with two attached hydrogens (primary N) is 1. The van der Waals surface area contributed by atoms with E-state index >= 15 is 0 Å². The molecular weight excluding hydrogens is 214 g/mol. The minimum Gasteiger partial charge on any atom is -0.355 e. The van der Waals surface area contributed by atoms with Crippen molar-refractivity contribution in [2.45, 2.75) is 45.1 Å². The Morgan fingerprint density at radius 3 is 2.71 bits per heavy atom. The number of likely N-dealkylation sites (tertiary alicyclic amines) is 1. The van der Waals surface area contributed by atoms with Crippen molar-refractivity contribution in [1.29, 1.82) is 0 Å². The van der Waals surface area contributed by atoms with Crippen LogP contribution in [0.4, 0.5) is 0 Å². The van der Waals surface area contributed by atoms with E-state index in [4.69, 9.17) is 5.73 Å². The maximum atomic E-state index is 11.6. The third-order valence-corrected chi connectivity index (χ3v) is 3.63. The molecular formula is C13H27N3O. The second kappa shape index (κ2) is 7.67. The Kier molecular flexibility index (Phi) is 6.52. The van der Waals surface area contributed by atoms with Gasteiger partial charge in [0.15, 0.2) is 0 Å². The van der Waals surface area contributed by atoms with Crippen LogP contribution < -0.4 is 11.1 Å². The van der Waals surface area contributed by atoms with Crippen molar-refractivity contribution in [3.05, 3.63) is 0 Å². The number of carbonyl (C=O) groups excluding carboxylic acids is 1. The molecule has 4 nitrogen and oxygen atoms in total. The van der Waals surface area contributed by atoms with E-state index in [-0.39, 0.29) is 11.9 Å². The average Bonchev–Trinajstić information content (AvgIpc) is 2.32. The quantitative estimate of drug-likeness (QED) is 0.728. The molecule has 0 aromatic heterocycles. The predicted octanol–water partition coefficient (Wildman–Crippen LogP) is 0.962. The molecule has 0 spiro atoms. The smallest absolute Gasteiger partial charge is 0.236 e.